The first-order chi connectivity index (χ1) is 9.97. The van der Waals surface area contributed by atoms with Crippen molar-refractivity contribution in [1.82, 2.24) is 4.90 Å². The predicted octanol–water partition coefficient (Wildman–Crippen LogP) is 2.83. The van der Waals surface area contributed by atoms with Crippen molar-refractivity contribution in [3.8, 4) is 0 Å². The Labute approximate surface area is 128 Å². The number of halogens is 1. The first-order valence-corrected chi connectivity index (χ1v) is 7.63. The van der Waals surface area contributed by atoms with Crippen LogP contribution < -0.4 is 0 Å². The van der Waals surface area contributed by atoms with Crippen molar-refractivity contribution in [1.29, 1.82) is 0 Å². The summed E-state index contributed by atoms with van der Waals surface area (Å²) < 4.78 is 0. The molecule has 1 aromatic rings. The molecular weight excluding hydrogens is 290 g/mol. The highest BCUT2D eigenvalue weighted by molar-refractivity contribution is 6.31. The number of carbonyl (C=O) groups is 2. The van der Waals surface area contributed by atoms with Gasteiger partial charge in [0.1, 0.15) is 0 Å². The molecule has 1 aliphatic carbocycles. The third-order valence-corrected chi connectivity index (χ3v) is 4.86. The fourth-order valence-electron chi connectivity index (χ4n) is 3.25. The molecule has 1 heterocycles. The third kappa shape index (κ3) is 2.77. The van der Waals surface area contributed by atoms with Gasteiger partial charge in [-0.25, -0.2) is 0 Å². The fourth-order valence-corrected chi connectivity index (χ4v) is 3.43. The van der Waals surface area contributed by atoms with Crippen molar-refractivity contribution in [3.63, 3.8) is 0 Å². The number of carboxylic acids is 1. The number of nitrogens with zero attached hydrogens (tertiary/aromatic N) is 1. The van der Waals surface area contributed by atoms with Gasteiger partial charge in [-0.2, -0.15) is 0 Å². The average molecular weight is 308 g/mol. The number of benzene rings is 1. The summed E-state index contributed by atoms with van der Waals surface area (Å²) in [5, 5.41) is 9.89. The number of hydrogen-bond donors (Lipinski definition) is 1. The lowest BCUT2D eigenvalue weighted by molar-refractivity contribution is -0.142. The highest BCUT2D eigenvalue weighted by Gasteiger charge is 2.47. The second kappa shape index (κ2) is 5.34. The largest absolute Gasteiger partial charge is 0.481 e. The molecular formula is C16H18ClNO3. The maximum Gasteiger partial charge on any atom is 0.308 e. The molecule has 0 aromatic heterocycles. The monoisotopic (exact) mass is 307 g/mol. The summed E-state index contributed by atoms with van der Waals surface area (Å²) in [6.07, 6.45) is 2.18. The number of aryl methyl sites for hydroxylation is 1. The normalized spacial score (nSPS) is 25.1. The number of hydrogen-bond acceptors (Lipinski definition) is 2. The highest BCUT2D eigenvalue weighted by Crippen LogP contribution is 2.44. The Bertz CT molecular complexity index is 597. The van der Waals surface area contributed by atoms with Gasteiger partial charge < -0.3 is 10.0 Å². The Morgan fingerprint density at radius 2 is 2.00 bits per heavy atom. The van der Waals surface area contributed by atoms with Crippen LogP contribution in [0.15, 0.2) is 18.2 Å². The number of carbonyl (C=O) groups excluding carboxylic acids is 1. The van der Waals surface area contributed by atoms with Crippen molar-refractivity contribution >= 4 is 23.5 Å². The van der Waals surface area contributed by atoms with Crippen LogP contribution in [0.4, 0.5) is 0 Å². The van der Waals surface area contributed by atoms with E-state index in [4.69, 9.17) is 11.6 Å². The quantitative estimate of drug-likeness (QED) is 0.934. The van der Waals surface area contributed by atoms with Crippen LogP contribution in [0, 0.1) is 24.7 Å². The number of rotatable bonds is 3. The van der Waals surface area contributed by atoms with Crippen molar-refractivity contribution in [3.05, 3.63) is 34.3 Å². The van der Waals surface area contributed by atoms with E-state index in [1.807, 2.05) is 13.0 Å². The molecule has 2 aliphatic rings. The molecule has 1 amide bonds. The lowest BCUT2D eigenvalue weighted by Crippen LogP contribution is -2.30. The van der Waals surface area contributed by atoms with Crippen molar-refractivity contribution in [2.75, 3.05) is 13.1 Å². The Kier molecular flexibility index (Phi) is 3.66. The molecule has 0 spiro atoms. The molecule has 0 unspecified atom stereocenters. The molecule has 1 saturated carbocycles. The van der Waals surface area contributed by atoms with E-state index in [0.29, 0.717) is 29.6 Å². The lowest BCUT2D eigenvalue weighted by atomic mass is 9.92. The van der Waals surface area contributed by atoms with Crippen LogP contribution in [0.25, 0.3) is 0 Å². The fraction of sp³-hybridized carbons (Fsp3) is 0.500. The summed E-state index contributed by atoms with van der Waals surface area (Å²) in [6.45, 7) is 2.72. The SMILES string of the molecule is Cc1ccc(Cl)cc1C(=O)N1C[C@H](C(=O)O)[C@@H](C2CC2)C1. The summed E-state index contributed by atoms with van der Waals surface area (Å²) in [5.74, 6) is -0.745. The van der Waals surface area contributed by atoms with E-state index >= 15 is 0 Å². The number of likely N-dealkylation sites (tertiary alicyclic amines) is 1. The van der Waals surface area contributed by atoms with Crippen LogP contribution in [0.3, 0.4) is 0 Å². The summed E-state index contributed by atoms with van der Waals surface area (Å²) in [4.78, 5) is 25.7. The first kappa shape index (κ1) is 14.4. The van der Waals surface area contributed by atoms with Crippen LogP contribution in [0.1, 0.15) is 28.8 Å². The minimum Gasteiger partial charge on any atom is -0.481 e. The second-order valence-corrected chi connectivity index (χ2v) is 6.55. The maximum absolute atomic E-state index is 12.7. The number of carboxylic acid groups (broad SMARTS) is 1. The zero-order chi connectivity index (χ0) is 15.1. The lowest BCUT2D eigenvalue weighted by Gasteiger charge is -2.17. The molecule has 2 fully saturated rings. The Morgan fingerprint density at radius 1 is 1.29 bits per heavy atom. The Hall–Kier alpha value is -1.55. The van der Waals surface area contributed by atoms with Crippen LogP contribution in [-0.2, 0) is 4.79 Å². The topological polar surface area (TPSA) is 57.6 Å². The molecule has 112 valence electrons. The molecule has 4 nitrogen and oxygen atoms in total. The zero-order valence-corrected chi connectivity index (χ0v) is 12.6. The molecule has 21 heavy (non-hydrogen) atoms. The van der Waals surface area contributed by atoms with E-state index in [9.17, 15) is 14.7 Å². The first-order valence-electron chi connectivity index (χ1n) is 7.25. The number of aliphatic carboxylic acids is 1. The van der Waals surface area contributed by atoms with Crippen molar-refractivity contribution in [2.24, 2.45) is 17.8 Å². The van der Waals surface area contributed by atoms with Crippen LogP contribution >= 0.6 is 11.6 Å². The predicted molar refractivity (Wildman–Crippen MR) is 79.4 cm³/mol. The molecule has 0 radical (unpaired) electrons. The number of amides is 1. The molecule has 3 rings (SSSR count). The van der Waals surface area contributed by atoms with Crippen LogP contribution in [0.5, 0.6) is 0 Å². The standard InChI is InChI=1S/C16H18ClNO3/c1-9-2-5-11(17)6-12(9)15(19)18-7-13(10-3-4-10)14(8-18)16(20)21/h2,5-6,10,13-14H,3-4,7-8H2,1H3,(H,20,21)/t13-,14+/m1/s1. The third-order valence-electron chi connectivity index (χ3n) is 4.63. The minimum absolute atomic E-state index is 0.103. The van der Waals surface area contributed by atoms with Gasteiger partial charge in [-0.3, -0.25) is 9.59 Å². The smallest absolute Gasteiger partial charge is 0.308 e. The van der Waals surface area contributed by atoms with Gasteiger partial charge in [-0.1, -0.05) is 17.7 Å². The van der Waals surface area contributed by atoms with E-state index in [-0.39, 0.29) is 11.8 Å². The van der Waals surface area contributed by atoms with Crippen molar-refractivity contribution in [2.45, 2.75) is 19.8 Å². The van der Waals surface area contributed by atoms with Gasteiger partial charge in [0.25, 0.3) is 5.91 Å². The summed E-state index contributed by atoms with van der Waals surface area (Å²) >= 11 is 5.97. The summed E-state index contributed by atoms with van der Waals surface area (Å²) in [7, 11) is 0. The van der Waals surface area contributed by atoms with Gasteiger partial charge >= 0.3 is 5.97 Å². The summed E-state index contributed by atoms with van der Waals surface area (Å²) in [5.41, 5.74) is 1.44. The van der Waals surface area contributed by atoms with Gasteiger partial charge in [-0.05, 0) is 49.3 Å². The maximum atomic E-state index is 12.7. The minimum atomic E-state index is -0.787. The molecule has 2 atom stereocenters. The van der Waals surface area contributed by atoms with E-state index < -0.39 is 11.9 Å². The molecule has 1 saturated heterocycles. The zero-order valence-electron chi connectivity index (χ0n) is 11.9. The summed E-state index contributed by atoms with van der Waals surface area (Å²) in [6, 6.07) is 5.24. The second-order valence-electron chi connectivity index (χ2n) is 6.12. The van der Waals surface area contributed by atoms with E-state index in [2.05, 4.69) is 0 Å². The van der Waals surface area contributed by atoms with Gasteiger partial charge in [0.05, 0.1) is 5.92 Å². The molecule has 1 aromatic carbocycles. The van der Waals surface area contributed by atoms with Crippen LogP contribution in [0.2, 0.25) is 5.02 Å². The molecule has 1 aliphatic heterocycles. The average Bonchev–Trinajstić information content (AvgIpc) is 3.19. The van der Waals surface area contributed by atoms with Gasteiger partial charge in [0.2, 0.25) is 0 Å². The highest BCUT2D eigenvalue weighted by atomic mass is 35.5. The van der Waals surface area contributed by atoms with Crippen molar-refractivity contribution < 1.29 is 14.7 Å². The van der Waals surface area contributed by atoms with Gasteiger partial charge in [0.15, 0.2) is 0 Å². The molecule has 5 heteroatoms. The van der Waals surface area contributed by atoms with E-state index in [0.717, 1.165) is 18.4 Å². The van der Waals surface area contributed by atoms with E-state index in [1.54, 1.807) is 17.0 Å². The van der Waals surface area contributed by atoms with Crippen LogP contribution in [-0.4, -0.2) is 35.0 Å². The Morgan fingerprint density at radius 3 is 2.62 bits per heavy atom. The van der Waals surface area contributed by atoms with Gasteiger partial charge in [0, 0.05) is 23.7 Å². The van der Waals surface area contributed by atoms with Gasteiger partial charge in [-0.15, -0.1) is 0 Å². The molecule has 1 N–H and O–H groups in total. The molecule has 0 bridgehead atoms. The Balaban J connectivity index is 1.82. The van der Waals surface area contributed by atoms with E-state index in [1.165, 1.54) is 0 Å².